The summed E-state index contributed by atoms with van der Waals surface area (Å²) in [5.74, 6) is -0.471. The summed E-state index contributed by atoms with van der Waals surface area (Å²) in [6.45, 7) is 4.15. The number of halogens is 4. The molecule has 0 saturated carbocycles. The van der Waals surface area contributed by atoms with E-state index in [2.05, 4.69) is 27.6 Å². The Hall–Kier alpha value is -3.56. The number of fused-ring (bicyclic) bond motifs is 1. The van der Waals surface area contributed by atoms with Gasteiger partial charge in [-0.25, -0.2) is 9.79 Å². The van der Waals surface area contributed by atoms with Crippen molar-refractivity contribution in [1.29, 1.82) is 0 Å². The molecule has 3 atom stereocenters. The van der Waals surface area contributed by atoms with E-state index in [4.69, 9.17) is 56.1 Å². The second kappa shape index (κ2) is 19.0. The number of anilines is 1. The Morgan fingerprint density at radius 2 is 1.65 bits per heavy atom. The van der Waals surface area contributed by atoms with E-state index in [0.717, 1.165) is 42.9 Å². The molecule has 3 aromatic carbocycles. The van der Waals surface area contributed by atoms with Crippen molar-refractivity contribution in [3.8, 4) is 0 Å². The second-order valence-corrected chi connectivity index (χ2v) is 15.2. The van der Waals surface area contributed by atoms with Crippen molar-refractivity contribution >= 4 is 68.8 Å². The monoisotopic (exact) mass is 781 g/mol. The van der Waals surface area contributed by atoms with Crippen LogP contribution in [0.1, 0.15) is 90.0 Å². The number of esters is 1. The van der Waals surface area contributed by atoms with Crippen LogP contribution in [-0.4, -0.2) is 27.6 Å². The van der Waals surface area contributed by atoms with E-state index in [9.17, 15) is 9.59 Å². The summed E-state index contributed by atoms with van der Waals surface area (Å²) >= 11 is 26.2. The third-order valence-corrected chi connectivity index (χ3v) is 10.2. The predicted octanol–water partition coefficient (Wildman–Crippen LogP) is 9.90. The third kappa shape index (κ3) is 10.3. The van der Waals surface area contributed by atoms with Crippen LogP contribution in [0.25, 0.3) is 10.8 Å². The molecule has 3 unspecified atom stereocenters. The lowest BCUT2D eigenvalue weighted by Crippen LogP contribution is -2.39. The van der Waals surface area contributed by atoms with Crippen molar-refractivity contribution in [3.05, 3.63) is 120 Å². The van der Waals surface area contributed by atoms with Crippen LogP contribution in [0.5, 0.6) is 0 Å². The molecule has 0 spiro atoms. The lowest BCUT2D eigenvalue weighted by atomic mass is 9.80. The summed E-state index contributed by atoms with van der Waals surface area (Å²) in [5, 5.41) is 14.8. The number of aromatic nitrogens is 2. The Morgan fingerprint density at radius 3 is 2.40 bits per heavy atom. The van der Waals surface area contributed by atoms with Gasteiger partial charge in [-0.2, -0.15) is 5.10 Å². The van der Waals surface area contributed by atoms with Crippen molar-refractivity contribution in [2.75, 3.05) is 5.43 Å². The Kier molecular flexibility index (Phi) is 14.5. The van der Waals surface area contributed by atoms with Crippen LogP contribution in [0.15, 0.2) is 93.3 Å². The van der Waals surface area contributed by atoms with E-state index in [1.54, 1.807) is 30.4 Å². The molecule has 4 aromatic rings. The molecule has 1 aliphatic carbocycles. The average Bonchev–Trinajstić information content (AvgIpc) is 3.46. The van der Waals surface area contributed by atoms with Crippen molar-refractivity contribution in [1.82, 2.24) is 10.2 Å². The number of ether oxygens (including phenoxy) is 1. The molecule has 1 aromatic heterocycles. The van der Waals surface area contributed by atoms with Gasteiger partial charge >= 0.3 is 11.5 Å². The van der Waals surface area contributed by atoms with Crippen molar-refractivity contribution in [2.24, 2.45) is 10.1 Å². The van der Waals surface area contributed by atoms with Gasteiger partial charge in [0, 0.05) is 43.4 Å². The maximum Gasteiger partial charge on any atom is 0.334 e. The Balaban J connectivity index is 1.47. The highest BCUT2D eigenvalue weighted by atomic mass is 35.5. The van der Waals surface area contributed by atoms with Gasteiger partial charge in [-0.1, -0.05) is 135 Å². The topological polar surface area (TPSA) is 106 Å². The zero-order valence-electron chi connectivity index (χ0n) is 29.4. The second-order valence-electron chi connectivity index (χ2n) is 13.2. The Morgan fingerprint density at radius 1 is 0.942 bits per heavy atom. The number of alkyl halides is 1. The predicted molar refractivity (Wildman–Crippen MR) is 211 cm³/mol. The molecule has 1 aliphatic rings. The zero-order chi connectivity index (χ0) is 37.1. The maximum absolute atomic E-state index is 13.9. The lowest BCUT2D eigenvalue weighted by Gasteiger charge is -2.31. The number of unbranched alkanes of at least 4 members (excludes halogenated alkanes) is 6. The van der Waals surface area contributed by atoms with E-state index in [1.807, 2.05) is 49.4 Å². The molecule has 1 heterocycles. The van der Waals surface area contributed by atoms with Crippen LogP contribution in [0.3, 0.4) is 0 Å². The number of nitrogens with one attached hydrogen (secondary N) is 1. The molecule has 52 heavy (non-hydrogen) atoms. The van der Waals surface area contributed by atoms with Crippen LogP contribution in [-0.2, 0) is 15.1 Å². The molecule has 0 radical (unpaired) electrons. The van der Waals surface area contributed by atoms with Gasteiger partial charge < -0.3 is 4.74 Å². The van der Waals surface area contributed by atoms with E-state index in [-0.39, 0.29) is 38.8 Å². The molecule has 0 fully saturated rings. The maximum atomic E-state index is 13.9. The fraction of sp³-hybridized carbons (Fsp3) is 0.400. The SMILES string of the molecule is CCCCCCCCCC(CCC(C)Cl)OC(=O)C1=CC=CC(N=c2nnc(=O)c2=NNc2cccc3ccccc23)(c2c(Cl)cc(Cl)cc2Cl)C1. The summed E-state index contributed by atoms with van der Waals surface area (Å²) in [4.78, 5) is 31.9. The highest BCUT2D eigenvalue weighted by molar-refractivity contribution is 6.39. The fourth-order valence-electron chi connectivity index (χ4n) is 6.45. The Labute approximate surface area is 324 Å². The van der Waals surface area contributed by atoms with Crippen LogP contribution in [0.2, 0.25) is 15.1 Å². The van der Waals surface area contributed by atoms with Gasteiger partial charge in [0.25, 0.3) is 0 Å². The number of hydrogen-bond acceptors (Lipinski definition) is 8. The summed E-state index contributed by atoms with van der Waals surface area (Å²) in [5.41, 5.74) is 2.30. The molecule has 0 aliphatic heterocycles. The van der Waals surface area contributed by atoms with Gasteiger partial charge in [0.1, 0.15) is 11.6 Å². The number of carbonyl (C=O) groups excluding carboxylic acids is 1. The zero-order valence-corrected chi connectivity index (χ0v) is 32.4. The summed E-state index contributed by atoms with van der Waals surface area (Å²) in [6.07, 6.45) is 15.1. The molecule has 0 saturated heterocycles. The first kappa shape index (κ1) is 39.6. The van der Waals surface area contributed by atoms with Gasteiger partial charge in [-0.15, -0.1) is 21.8 Å². The van der Waals surface area contributed by atoms with Crippen LogP contribution >= 0.6 is 46.4 Å². The summed E-state index contributed by atoms with van der Waals surface area (Å²) in [6, 6.07) is 16.6. The highest BCUT2D eigenvalue weighted by Gasteiger charge is 2.38. The quantitative estimate of drug-likeness (QED) is 0.0495. The van der Waals surface area contributed by atoms with Crippen LogP contribution in [0, 0.1) is 0 Å². The molecule has 0 bridgehead atoms. The molecule has 8 nitrogen and oxygen atoms in total. The minimum Gasteiger partial charge on any atom is -0.459 e. The normalized spacial score (nSPS) is 17.7. The number of benzene rings is 3. The number of hydrogen-bond donors (Lipinski definition) is 1. The number of allylic oxidation sites excluding steroid dienone is 2. The largest absolute Gasteiger partial charge is 0.459 e. The Bertz CT molecular complexity index is 2060. The number of carbonyl (C=O) groups is 1. The molecule has 1 N–H and O–H groups in total. The average molecular weight is 784 g/mol. The van der Waals surface area contributed by atoms with Gasteiger partial charge in [-0.05, 0) is 56.2 Å². The van der Waals surface area contributed by atoms with E-state index in [1.165, 1.54) is 25.7 Å². The first-order valence-electron chi connectivity index (χ1n) is 17.9. The van der Waals surface area contributed by atoms with Crippen molar-refractivity contribution < 1.29 is 9.53 Å². The van der Waals surface area contributed by atoms with Gasteiger partial charge in [-0.3, -0.25) is 10.2 Å². The molecule has 12 heteroatoms. The molecule has 274 valence electrons. The first-order chi connectivity index (χ1) is 25.1. The third-order valence-electron chi connectivity index (χ3n) is 9.15. The van der Waals surface area contributed by atoms with Crippen molar-refractivity contribution in [3.63, 3.8) is 0 Å². The lowest BCUT2D eigenvalue weighted by molar-refractivity contribution is -0.145. The van der Waals surface area contributed by atoms with Crippen LogP contribution < -0.4 is 21.8 Å². The fourth-order valence-corrected chi connectivity index (χ4v) is 7.72. The number of nitrogens with zero attached hydrogens (tertiary/aromatic N) is 4. The molecule has 5 rings (SSSR count). The summed E-state index contributed by atoms with van der Waals surface area (Å²) in [7, 11) is 0. The van der Waals surface area contributed by atoms with E-state index >= 15 is 0 Å². The minimum atomic E-state index is -1.39. The standard InChI is InChI=1S/C40H43Cl4N5O3/c1-3-4-5-6-7-8-9-17-30(21-20-26(2)41)52-39(51)28-16-13-22-40(25-28,35-32(43)23-29(42)24-33(35)44)45-37-36(38(50)49-48-37)47-46-34-19-12-15-27-14-10-11-18-31(27)34/h10-16,18-19,22-24,26,30,46H,3-9,17,20-21,25H2,1-2H3. The highest BCUT2D eigenvalue weighted by Crippen LogP contribution is 2.45. The van der Waals surface area contributed by atoms with Crippen molar-refractivity contribution in [2.45, 2.75) is 101 Å². The molecule has 0 amide bonds. The van der Waals surface area contributed by atoms with Gasteiger partial charge in [0.05, 0.1) is 5.69 Å². The summed E-state index contributed by atoms with van der Waals surface area (Å²) < 4.78 is 6.16. The smallest absolute Gasteiger partial charge is 0.334 e. The van der Waals surface area contributed by atoms with E-state index < -0.39 is 17.1 Å². The molecular weight excluding hydrogens is 740 g/mol. The van der Waals surface area contributed by atoms with Gasteiger partial charge in [0.15, 0.2) is 5.36 Å². The van der Waals surface area contributed by atoms with Crippen LogP contribution in [0.4, 0.5) is 5.69 Å². The van der Waals surface area contributed by atoms with E-state index in [0.29, 0.717) is 28.3 Å². The minimum absolute atomic E-state index is 0.0106. The first-order valence-corrected chi connectivity index (χ1v) is 19.4. The van der Waals surface area contributed by atoms with Gasteiger partial charge in [0.2, 0.25) is 5.49 Å². The number of rotatable bonds is 17. The molecular formula is C40H43Cl4N5O3.